The van der Waals surface area contributed by atoms with Crippen LogP contribution in [0, 0.1) is 11.8 Å². The molecule has 0 aliphatic carbocycles. The van der Waals surface area contributed by atoms with Gasteiger partial charge in [-0.3, -0.25) is 0 Å². The van der Waals surface area contributed by atoms with Crippen molar-refractivity contribution in [3.05, 3.63) is 11.7 Å². The topological polar surface area (TPSA) is 64.9 Å². The van der Waals surface area contributed by atoms with Gasteiger partial charge in [0.2, 0.25) is 5.89 Å². The van der Waals surface area contributed by atoms with E-state index in [1.807, 2.05) is 0 Å². The van der Waals surface area contributed by atoms with Crippen LogP contribution in [0.5, 0.6) is 0 Å². The van der Waals surface area contributed by atoms with Gasteiger partial charge in [-0.15, -0.1) is 0 Å². The van der Waals surface area contributed by atoms with Crippen molar-refractivity contribution in [2.45, 2.75) is 32.9 Å². The molecule has 0 spiro atoms. The van der Waals surface area contributed by atoms with Crippen LogP contribution in [0.3, 0.4) is 0 Å². The fourth-order valence-corrected chi connectivity index (χ4v) is 2.16. The molecule has 1 unspecified atom stereocenters. The van der Waals surface area contributed by atoms with Gasteiger partial charge < -0.3 is 10.3 Å². The quantitative estimate of drug-likeness (QED) is 0.794. The second-order valence-corrected chi connectivity index (χ2v) is 5.59. The van der Waals surface area contributed by atoms with Crippen molar-refractivity contribution in [2.24, 2.45) is 17.6 Å². The fourth-order valence-electron chi connectivity index (χ4n) is 1.20. The molecule has 4 nitrogen and oxygen atoms in total. The summed E-state index contributed by atoms with van der Waals surface area (Å²) in [6.07, 6.45) is 0.858. The van der Waals surface area contributed by atoms with Crippen molar-refractivity contribution in [3.8, 4) is 0 Å². The van der Waals surface area contributed by atoms with E-state index in [1.54, 1.807) is 11.8 Å². The van der Waals surface area contributed by atoms with E-state index in [0.29, 0.717) is 11.8 Å². The average molecular weight is 243 g/mol. The van der Waals surface area contributed by atoms with Gasteiger partial charge in [0.1, 0.15) is 0 Å². The Morgan fingerprint density at radius 1 is 1.38 bits per heavy atom. The SMILES string of the molecule is CC(C)Cc1nc(CSCC(C)CN)no1. The minimum Gasteiger partial charge on any atom is -0.339 e. The number of nitrogens with zero attached hydrogens (tertiary/aromatic N) is 2. The van der Waals surface area contributed by atoms with E-state index in [-0.39, 0.29) is 0 Å². The van der Waals surface area contributed by atoms with Crippen molar-refractivity contribution in [1.82, 2.24) is 10.1 Å². The van der Waals surface area contributed by atoms with Crippen molar-refractivity contribution < 1.29 is 4.52 Å². The van der Waals surface area contributed by atoms with Gasteiger partial charge in [0.05, 0.1) is 5.75 Å². The highest BCUT2D eigenvalue weighted by molar-refractivity contribution is 7.98. The van der Waals surface area contributed by atoms with Gasteiger partial charge in [0.15, 0.2) is 5.82 Å². The zero-order valence-corrected chi connectivity index (χ0v) is 11.1. The molecule has 1 rings (SSSR count). The lowest BCUT2D eigenvalue weighted by Gasteiger charge is -2.05. The largest absolute Gasteiger partial charge is 0.339 e. The Labute approximate surface area is 101 Å². The first kappa shape index (κ1) is 13.5. The normalized spacial score (nSPS) is 13.3. The summed E-state index contributed by atoms with van der Waals surface area (Å²) in [6, 6.07) is 0. The molecule has 1 atom stereocenters. The van der Waals surface area contributed by atoms with Crippen LogP contribution in [0.2, 0.25) is 0 Å². The summed E-state index contributed by atoms with van der Waals surface area (Å²) >= 11 is 1.81. The lowest BCUT2D eigenvalue weighted by atomic mass is 10.1. The third-order valence-corrected chi connectivity index (χ3v) is 3.40. The molecular formula is C11H21N3OS. The average Bonchev–Trinajstić information content (AvgIpc) is 2.64. The monoisotopic (exact) mass is 243 g/mol. The lowest BCUT2D eigenvalue weighted by molar-refractivity contribution is 0.360. The van der Waals surface area contributed by atoms with E-state index in [0.717, 1.165) is 36.2 Å². The molecule has 0 amide bonds. The zero-order chi connectivity index (χ0) is 12.0. The Hall–Kier alpha value is -0.550. The first-order chi connectivity index (χ1) is 7.61. The van der Waals surface area contributed by atoms with Gasteiger partial charge in [0, 0.05) is 6.42 Å². The molecule has 92 valence electrons. The third kappa shape index (κ3) is 4.99. The van der Waals surface area contributed by atoms with Gasteiger partial charge in [0.25, 0.3) is 0 Å². The van der Waals surface area contributed by atoms with Crippen LogP contribution in [0.25, 0.3) is 0 Å². The number of hydrogen-bond donors (Lipinski definition) is 1. The van der Waals surface area contributed by atoms with Gasteiger partial charge in [-0.25, -0.2) is 0 Å². The van der Waals surface area contributed by atoms with E-state index >= 15 is 0 Å². The number of rotatable bonds is 7. The Balaban J connectivity index is 2.29. The highest BCUT2D eigenvalue weighted by Gasteiger charge is 2.08. The summed E-state index contributed by atoms with van der Waals surface area (Å²) in [6.45, 7) is 7.16. The lowest BCUT2D eigenvalue weighted by Crippen LogP contribution is -2.12. The minimum atomic E-state index is 0.548. The smallest absolute Gasteiger partial charge is 0.226 e. The molecule has 1 aromatic heterocycles. The first-order valence-corrected chi connectivity index (χ1v) is 6.86. The number of hydrogen-bond acceptors (Lipinski definition) is 5. The summed E-state index contributed by atoms with van der Waals surface area (Å²) in [4.78, 5) is 4.34. The maximum absolute atomic E-state index is 5.55. The van der Waals surface area contributed by atoms with Crippen molar-refractivity contribution in [2.75, 3.05) is 12.3 Å². The molecule has 0 saturated carbocycles. The molecule has 1 aromatic rings. The van der Waals surface area contributed by atoms with Crippen LogP contribution >= 0.6 is 11.8 Å². The van der Waals surface area contributed by atoms with Crippen LogP contribution in [0.4, 0.5) is 0 Å². The van der Waals surface area contributed by atoms with Crippen LogP contribution in [-0.4, -0.2) is 22.4 Å². The molecule has 0 aromatic carbocycles. The number of thioether (sulfide) groups is 1. The maximum Gasteiger partial charge on any atom is 0.226 e. The molecule has 1 heterocycles. The van der Waals surface area contributed by atoms with Crippen LogP contribution in [-0.2, 0) is 12.2 Å². The Bertz CT molecular complexity index is 301. The molecule has 2 N–H and O–H groups in total. The maximum atomic E-state index is 5.55. The number of aromatic nitrogens is 2. The summed E-state index contributed by atoms with van der Waals surface area (Å²) in [5, 5.41) is 3.95. The molecule has 0 aliphatic heterocycles. The second kappa shape index (κ2) is 6.91. The van der Waals surface area contributed by atoms with Crippen LogP contribution < -0.4 is 5.73 Å². The number of nitrogens with two attached hydrogens (primary N) is 1. The molecule has 0 fully saturated rings. The standard InChI is InChI=1S/C11H21N3OS/c1-8(2)4-11-13-10(14-15-11)7-16-6-9(3)5-12/h8-9H,4-7,12H2,1-3H3. The van der Waals surface area contributed by atoms with Crippen molar-refractivity contribution >= 4 is 11.8 Å². The molecular weight excluding hydrogens is 222 g/mol. The predicted octanol–water partition coefficient (Wildman–Crippen LogP) is 2.10. The zero-order valence-electron chi connectivity index (χ0n) is 10.3. The summed E-state index contributed by atoms with van der Waals surface area (Å²) in [5.74, 6) is 4.50. The van der Waals surface area contributed by atoms with Gasteiger partial charge >= 0.3 is 0 Å². The second-order valence-electron chi connectivity index (χ2n) is 4.56. The highest BCUT2D eigenvalue weighted by atomic mass is 32.2. The summed E-state index contributed by atoms with van der Waals surface area (Å²) in [7, 11) is 0. The van der Waals surface area contributed by atoms with Crippen LogP contribution in [0.1, 0.15) is 32.5 Å². The van der Waals surface area contributed by atoms with E-state index in [4.69, 9.17) is 10.3 Å². The molecule has 0 aliphatic rings. The van der Waals surface area contributed by atoms with E-state index in [1.165, 1.54) is 0 Å². The van der Waals surface area contributed by atoms with Gasteiger partial charge in [-0.1, -0.05) is 25.9 Å². The molecule has 0 bridgehead atoms. The Morgan fingerprint density at radius 2 is 2.12 bits per heavy atom. The summed E-state index contributed by atoms with van der Waals surface area (Å²) in [5.41, 5.74) is 5.55. The van der Waals surface area contributed by atoms with Crippen molar-refractivity contribution in [1.29, 1.82) is 0 Å². The Morgan fingerprint density at radius 3 is 2.75 bits per heavy atom. The van der Waals surface area contributed by atoms with E-state index in [9.17, 15) is 0 Å². The Kier molecular flexibility index (Phi) is 5.84. The third-order valence-electron chi connectivity index (χ3n) is 2.13. The molecule has 16 heavy (non-hydrogen) atoms. The van der Waals surface area contributed by atoms with Gasteiger partial charge in [-0.2, -0.15) is 16.7 Å². The van der Waals surface area contributed by atoms with Crippen LogP contribution in [0.15, 0.2) is 4.52 Å². The van der Waals surface area contributed by atoms with E-state index < -0.39 is 0 Å². The molecule has 0 saturated heterocycles. The summed E-state index contributed by atoms with van der Waals surface area (Å²) < 4.78 is 5.16. The predicted molar refractivity (Wildman–Crippen MR) is 67.2 cm³/mol. The highest BCUT2D eigenvalue weighted by Crippen LogP contribution is 2.14. The van der Waals surface area contributed by atoms with Gasteiger partial charge in [-0.05, 0) is 24.1 Å². The molecule has 0 radical (unpaired) electrons. The first-order valence-electron chi connectivity index (χ1n) is 5.71. The fraction of sp³-hybridized carbons (Fsp3) is 0.818. The molecule has 5 heteroatoms. The van der Waals surface area contributed by atoms with Crippen molar-refractivity contribution in [3.63, 3.8) is 0 Å². The van der Waals surface area contributed by atoms with E-state index in [2.05, 4.69) is 30.9 Å². The minimum absolute atomic E-state index is 0.548.